The minimum absolute atomic E-state index is 0.00463. The van der Waals surface area contributed by atoms with Gasteiger partial charge in [0.1, 0.15) is 5.15 Å². The van der Waals surface area contributed by atoms with Gasteiger partial charge in [-0.15, -0.1) is 0 Å². The van der Waals surface area contributed by atoms with Gasteiger partial charge in [-0.05, 0) is 6.92 Å². The van der Waals surface area contributed by atoms with Crippen molar-refractivity contribution in [2.24, 2.45) is 0 Å². The first-order valence-corrected chi connectivity index (χ1v) is 3.26. The van der Waals surface area contributed by atoms with Crippen molar-refractivity contribution in [2.75, 3.05) is 0 Å². The number of hydrogen-bond acceptors (Lipinski definition) is 3. The Morgan fingerprint density at radius 2 is 2.36 bits per heavy atom. The topological polar surface area (TPSA) is 56.0 Å². The number of aromatic nitrogens is 1. The van der Waals surface area contributed by atoms with E-state index in [1.807, 2.05) is 0 Å². The van der Waals surface area contributed by atoms with Crippen LogP contribution in [0.2, 0.25) is 5.15 Å². The van der Waals surface area contributed by atoms with Gasteiger partial charge in [-0.3, -0.25) is 10.1 Å². The highest BCUT2D eigenvalue weighted by Gasteiger charge is 2.12. The van der Waals surface area contributed by atoms with Gasteiger partial charge in [0.05, 0.1) is 10.5 Å². The van der Waals surface area contributed by atoms with Crippen molar-refractivity contribution in [3.05, 3.63) is 33.1 Å². The van der Waals surface area contributed by atoms with Gasteiger partial charge in [0.2, 0.25) is 0 Å². The molecule has 0 saturated heterocycles. The molecule has 0 amide bonds. The predicted octanol–water partition coefficient (Wildman–Crippen LogP) is 1.95. The van der Waals surface area contributed by atoms with Crippen LogP contribution in [0.1, 0.15) is 5.56 Å². The third-order valence-electron chi connectivity index (χ3n) is 1.31. The lowest BCUT2D eigenvalue weighted by Gasteiger charge is -1.96. The molecular formula is C6H5ClN2O2. The van der Waals surface area contributed by atoms with Crippen LogP contribution in [-0.2, 0) is 0 Å². The Bertz CT molecular complexity index is 301. The minimum atomic E-state index is -0.483. The van der Waals surface area contributed by atoms with Gasteiger partial charge < -0.3 is 0 Å². The van der Waals surface area contributed by atoms with Crippen molar-refractivity contribution in [3.63, 3.8) is 0 Å². The molecule has 1 heterocycles. The van der Waals surface area contributed by atoms with E-state index in [2.05, 4.69) is 4.98 Å². The van der Waals surface area contributed by atoms with Crippen LogP contribution in [0.25, 0.3) is 0 Å². The number of hydrogen-bond donors (Lipinski definition) is 0. The molecule has 0 fully saturated rings. The third kappa shape index (κ3) is 1.46. The van der Waals surface area contributed by atoms with Crippen LogP contribution in [0.3, 0.4) is 0 Å². The van der Waals surface area contributed by atoms with Crippen molar-refractivity contribution < 1.29 is 4.92 Å². The van der Waals surface area contributed by atoms with E-state index in [-0.39, 0.29) is 10.8 Å². The van der Waals surface area contributed by atoms with Crippen LogP contribution in [0.5, 0.6) is 0 Å². The molecule has 0 bridgehead atoms. The predicted molar refractivity (Wildman–Crippen MR) is 40.6 cm³/mol. The van der Waals surface area contributed by atoms with Crippen LogP contribution in [0, 0.1) is 17.0 Å². The Hall–Kier alpha value is -1.16. The van der Waals surface area contributed by atoms with Crippen LogP contribution in [0.4, 0.5) is 5.69 Å². The van der Waals surface area contributed by atoms with Gasteiger partial charge in [0.15, 0.2) is 0 Å². The maximum atomic E-state index is 10.3. The first-order valence-electron chi connectivity index (χ1n) is 2.88. The zero-order valence-electron chi connectivity index (χ0n) is 5.74. The maximum Gasteiger partial charge on any atom is 0.276 e. The Kier molecular flexibility index (Phi) is 2.05. The molecule has 58 valence electrons. The molecule has 5 heteroatoms. The summed E-state index contributed by atoms with van der Waals surface area (Å²) in [7, 11) is 0. The molecule has 4 nitrogen and oxygen atoms in total. The second kappa shape index (κ2) is 2.84. The summed E-state index contributed by atoms with van der Waals surface area (Å²) < 4.78 is 0. The van der Waals surface area contributed by atoms with Gasteiger partial charge in [-0.2, -0.15) is 0 Å². The number of halogens is 1. The Morgan fingerprint density at radius 1 is 1.73 bits per heavy atom. The van der Waals surface area contributed by atoms with E-state index in [0.717, 1.165) is 0 Å². The fraction of sp³-hybridized carbons (Fsp3) is 0.167. The molecule has 0 aliphatic carbocycles. The second-order valence-corrected chi connectivity index (χ2v) is 2.36. The van der Waals surface area contributed by atoms with Crippen molar-refractivity contribution >= 4 is 17.3 Å². The Balaban J connectivity index is 3.27. The average Bonchev–Trinajstić information content (AvgIpc) is 1.94. The lowest BCUT2D eigenvalue weighted by Crippen LogP contribution is -1.92. The van der Waals surface area contributed by atoms with Gasteiger partial charge in [-0.25, -0.2) is 4.98 Å². The molecule has 0 radical (unpaired) electrons. The standard InChI is InChI=1S/C6H5ClN2O2/c1-4-5(9(10)11)2-3-8-6(4)7/h2-3H,1H3. The van der Waals surface area contributed by atoms with E-state index < -0.39 is 4.92 Å². The molecule has 1 aromatic heterocycles. The molecule has 1 rings (SSSR count). The van der Waals surface area contributed by atoms with Crippen LogP contribution in [0.15, 0.2) is 12.3 Å². The summed E-state index contributed by atoms with van der Waals surface area (Å²) in [5.74, 6) is 0. The summed E-state index contributed by atoms with van der Waals surface area (Å²) in [5.41, 5.74) is 0.407. The molecule has 0 aliphatic rings. The zero-order chi connectivity index (χ0) is 8.43. The van der Waals surface area contributed by atoms with E-state index in [1.54, 1.807) is 6.92 Å². The SMILES string of the molecule is Cc1c([N+](=O)[O-])ccnc1Cl. The normalized spacial score (nSPS) is 9.64. The number of nitrogens with zero attached hydrogens (tertiary/aromatic N) is 2. The molecule has 0 aromatic carbocycles. The van der Waals surface area contributed by atoms with Gasteiger partial charge in [0, 0.05) is 12.3 Å². The third-order valence-corrected chi connectivity index (χ3v) is 1.69. The van der Waals surface area contributed by atoms with Gasteiger partial charge in [0.25, 0.3) is 5.69 Å². The maximum absolute atomic E-state index is 10.3. The summed E-state index contributed by atoms with van der Waals surface area (Å²) in [4.78, 5) is 13.5. The summed E-state index contributed by atoms with van der Waals surface area (Å²) >= 11 is 5.54. The van der Waals surface area contributed by atoms with Crippen molar-refractivity contribution in [3.8, 4) is 0 Å². The lowest BCUT2D eigenvalue weighted by molar-refractivity contribution is -0.385. The van der Waals surface area contributed by atoms with E-state index in [4.69, 9.17) is 11.6 Å². The number of nitro groups is 1. The van der Waals surface area contributed by atoms with E-state index in [0.29, 0.717) is 5.56 Å². The zero-order valence-corrected chi connectivity index (χ0v) is 6.50. The van der Waals surface area contributed by atoms with Crippen molar-refractivity contribution in [1.29, 1.82) is 0 Å². The molecule has 0 aliphatic heterocycles. The molecular weight excluding hydrogens is 168 g/mol. The van der Waals surface area contributed by atoms with Crippen molar-refractivity contribution in [1.82, 2.24) is 4.98 Å². The molecule has 1 aromatic rings. The summed E-state index contributed by atoms with van der Waals surface area (Å²) in [6.45, 7) is 1.56. The fourth-order valence-electron chi connectivity index (χ4n) is 0.699. The summed E-state index contributed by atoms with van der Waals surface area (Å²) in [6, 6.07) is 1.32. The molecule has 0 spiro atoms. The first-order chi connectivity index (χ1) is 5.13. The fourth-order valence-corrected chi connectivity index (χ4v) is 0.852. The Labute approximate surface area is 68.0 Å². The monoisotopic (exact) mass is 172 g/mol. The Morgan fingerprint density at radius 3 is 2.82 bits per heavy atom. The van der Waals surface area contributed by atoms with E-state index >= 15 is 0 Å². The largest absolute Gasteiger partial charge is 0.276 e. The van der Waals surface area contributed by atoms with E-state index in [9.17, 15) is 10.1 Å². The van der Waals surface area contributed by atoms with Crippen LogP contribution in [-0.4, -0.2) is 9.91 Å². The summed E-state index contributed by atoms with van der Waals surface area (Å²) in [6.07, 6.45) is 1.31. The summed E-state index contributed by atoms with van der Waals surface area (Å²) in [5, 5.41) is 10.5. The highest BCUT2D eigenvalue weighted by Crippen LogP contribution is 2.21. The smallest absolute Gasteiger partial charge is 0.258 e. The highest BCUT2D eigenvalue weighted by atomic mass is 35.5. The first kappa shape index (κ1) is 7.94. The lowest BCUT2D eigenvalue weighted by atomic mass is 10.3. The number of rotatable bonds is 1. The minimum Gasteiger partial charge on any atom is -0.258 e. The molecule has 0 saturated carbocycles. The van der Waals surface area contributed by atoms with Gasteiger partial charge in [-0.1, -0.05) is 11.6 Å². The highest BCUT2D eigenvalue weighted by molar-refractivity contribution is 6.30. The molecule has 11 heavy (non-hydrogen) atoms. The van der Waals surface area contributed by atoms with Crippen LogP contribution < -0.4 is 0 Å². The van der Waals surface area contributed by atoms with Crippen LogP contribution >= 0.6 is 11.6 Å². The van der Waals surface area contributed by atoms with Crippen molar-refractivity contribution in [2.45, 2.75) is 6.92 Å². The second-order valence-electron chi connectivity index (χ2n) is 2.00. The molecule has 0 unspecified atom stereocenters. The number of pyridine rings is 1. The van der Waals surface area contributed by atoms with Gasteiger partial charge >= 0.3 is 0 Å². The molecule has 0 N–H and O–H groups in total. The average molecular weight is 173 g/mol. The quantitative estimate of drug-likeness (QED) is 0.370. The molecule has 0 atom stereocenters. The van der Waals surface area contributed by atoms with E-state index in [1.165, 1.54) is 12.3 Å².